The Bertz CT molecular complexity index is 298. The summed E-state index contributed by atoms with van der Waals surface area (Å²) in [5.41, 5.74) is -0.0678. The molecule has 98 valence electrons. The lowest BCUT2D eigenvalue weighted by Gasteiger charge is -2.41. The number of rotatable bonds is 3. The minimum atomic E-state index is -0.712. The third-order valence-electron chi connectivity index (χ3n) is 4.14. The van der Waals surface area contributed by atoms with Crippen LogP contribution in [0, 0.1) is 0 Å². The maximum absolute atomic E-state index is 11.0. The van der Waals surface area contributed by atoms with Crippen LogP contribution in [-0.4, -0.2) is 58.1 Å². The van der Waals surface area contributed by atoms with E-state index in [9.17, 15) is 4.79 Å². The number of carbonyl (C=O) groups is 1. The summed E-state index contributed by atoms with van der Waals surface area (Å²) < 4.78 is 0. The predicted molar refractivity (Wildman–Crippen MR) is 67.1 cm³/mol. The number of carboxylic acid groups (broad SMARTS) is 1. The predicted octanol–water partition coefficient (Wildman–Crippen LogP) is 1.41. The van der Waals surface area contributed by atoms with Crippen molar-refractivity contribution in [3.63, 3.8) is 0 Å². The molecule has 2 atom stereocenters. The van der Waals surface area contributed by atoms with Crippen LogP contribution < -0.4 is 0 Å². The molecule has 0 aromatic rings. The van der Waals surface area contributed by atoms with Crippen LogP contribution in [0.25, 0.3) is 0 Å². The summed E-state index contributed by atoms with van der Waals surface area (Å²) in [4.78, 5) is 15.8. The molecule has 2 fully saturated rings. The molecule has 0 bridgehead atoms. The van der Waals surface area contributed by atoms with Gasteiger partial charge in [-0.2, -0.15) is 0 Å². The normalized spacial score (nSPS) is 29.9. The topological polar surface area (TPSA) is 43.8 Å². The van der Waals surface area contributed by atoms with Gasteiger partial charge in [0.2, 0.25) is 0 Å². The Hall–Kier alpha value is -0.610. The van der Waals surface area contributed by atoms with Crippen LogP contribution in [0.15, 0.2) is 0 Å². The van der Waals surface area contributed by atoms with Gasteiger partial charge < -0.3 is 5.11 Å². The lowest BCUT2D eigenvalue weighted by atomic mass is 9.97. The fourth-order valence-corrected chi connectivity index (χ4v) is 3.42. The van der Waals surface area contributed by atoms with E-state index in [1.54, 1.807) is 0 Å². The first kappa shape index (κ1) is 12.8. The van der Waals surface area contributed by atoms with Crippen molar-refractivity contribution in [2.45, 2.75) is 57.7 Å². The van der Waals surface area contributed by atoms with Crippen LogP contribution in [0.3, 0.4) is 0 Å². The van der Waals surface area contributed by atoms with Crippen LogP contribution in [0.4, 0.5) is 0 Å². The van der Waals surface area contributed by atoms with E-state index in [-0.39, 0.29) is 12.1 Å². The quantitative estimate of drug-likeness (QED) is 0.810. The van der Waals surface area contributed by atoms with E-state index in [0.717, 1.165) is 13.0 Å². The van der Waals surface area contributed by atoms with Gasteiger partial charge in [-0.1, -0.05) is 0 Å². The molecule has 2 rings (SSSR count). The van der Waals surface area contributed by atoms with E-state index in [1.165, 1.54) is 19.4 Å². The average molecular weight is 240 g/mol. The van der Waals surface area contributed by atoms with Gasteiger partial charge in [0, 0.05) is 24.2 Å². The maximum atomic E-state index is 11.0. The van der Waals surface area contributed by atoms with Crippen molar-refractivity contribution in [2.75, 3.05) is 19.6 Å². The Labute approximate surface area is 104 Å². The number of hydrogen-bond acceptors (Lipinski definition) is 3. The van der Waals surface area contributed by atoms with Gasteiger partial charge in [0.15, 0.2) is 0 Å². The lowest BCUT2D eigenvalue weighted by Crippen LogP contribution is -2.54. The number of aliphatic carboxylic acids is 1. The summed E-state index contributed by atoms with van der Waals surface area (Å²) >= 11 is 0. The smallest absolute Gasteiger partial charge is 0.317 e. The average Bonchev–Trinajstić information content (AvgIpc) is 2.73. The zero-order valence-electron chi connectivity index (χ0n) is 11.1. The minimum absolute atomic E-state index is 0.0678. The highest BCUT2D eigenvalue weighted by atomic mass is 16.4. The molecule has 0 aliphatic carbocycles. The van der Waals surface area contributed by atoms with Gasteiger partial charge in [-0.15, -0.1) is 0 Å². The molecular weight excluding hydrogens is 216 g/mol. The van der Waals surface area contributed by atoms with Gasteiger partial charge >= 0.3 is 5.97 Å². The summed E-state index contributed by atoms with van der Waals surface area (Å²) in [6, 6.07) is 1.02. The molecule has 0 amide bonds. The highest BCUT2D eigenvalue weighted by molar-refractivity contribution is 5.69. The van der Waals surface area contributed by atoms with Crippen molar-refractivity contribution in [1.82, 2.24) is 9.80 Å². The summed E-state index contributed by atoms with van der Waals surface area (Å²) in [6.45, 7) is 8.86. The van der Waals surface area contributed by atoms with Crippen LogP contribution in [0.5, 0.6) is 0 Å². The molecule has 2 aliphatic rings. The minimum Gasteiger partial charge on any atom is -0.480 e. The SMILES string of the molecule is CC(C)(C)N(CC(=O)O)C1CCN2CCCC12. The number of hydrogen-bond donors (Lipinski definition) is 1. The molecule has 4 nitrogen and oxygen atoms in total. The zero-order valence-corrected chi connectivity index (χ0v) is 11.1. The molecule has 0 aromatic carbocycles. The van der Waals surface area contributed by atoms with Crippen molar-refractivity contribution >= 4 is 5.97 Å². The van der Waals surface area contributed by atoms with E-state index in [0.29, 0.717) is 12.1 Å². The first-order valence-electron chi connectivity index (χ1n) is 6.62. The fraction of sp³-hybridized carbons (Fsp3) is 0.923. The van der Waals surface area contributed by atoms with Crippen molar-refractivity contribution in [1.29, 1.82) is 0 Å². The molecule has 0 radical (unpaired) electrons. The third-order valence-corrected chi connectivity index (χ3v) is 4.14. The molecule has 2 heterocycles. The highest BCUT2D eigenvalue weighted by Crippen LogP contribution is 2.34. The Morgan fingerprint density at radius 1 is 1.35 bits per heavy atom. The van der Waals surface area contributed by atoms with Crippen molar-refractivity contribution in [3.05, 3.63) is 0 Å². The van der Waals surface area contributed by atoms with Gasteiger partial charge in [-0.3, -0.25) is 14.6 Å². The monoisotopic (exact) mass is 240 g/mol. The van der Waals surface area contributed by atoms with Gasteiger partial charge in [-0.05, 0) is 46.6 Å². The number of carboxylic acids is 1. The standard InChI is InChI=1S/C13H24N2O2/c1-13(2,3)15(9-12(16)17)11-6-8-14-7-4-5-10(11)14/h10-11H,4-9H2,1-3H3,(H,16,17). The second kappa shape index (κ2) is 4.58. The number of fused-ring (bicyclic) bond motifs is 1. The van der Waals surface area contributed by atoms with Gasteiger partial charge in [0.05, 0.1) is 6.54 Å². The molecule has 17 heavy (non-hydrogen) atoms. The van der Waals surface area contributed by atoms with E-state index >= 15 is 0 Å². The Morgan fingerprint density at radius 3 is 2.65 bits per heavy atom. The van der Waals surface area contributed by atoms with E-state index in [4.69, 9.17) is 5.11 Å². The lowest BCUT2D eigenvalue weighted by molar-refractivity contribution is -0.140. The maximum Gasteiger partial charge on any atom is 0.317 e. The molecule has 2 saturated heterocycles. The van der Waals surface area contributed by atoms with Gasteiger partial charge in [0.1, 0.15) is 0 Å². The van der Waals surface area contributed by atoms with Crippen LogP contribution >= 0.6 is 0 Å². The number of nitrogens with zero attached hydrogens (tertiary/aromatic N) is 2. The van der Waals surface area contributed by atoms with Crippen LogP contribution in [0.2, 0.25) is 0 Å². The molecule has 4 heteroatoms. The second-order valence-corrected chi connectivity index (χ2v) is 6.29. The van der Waals surface area contributed by atoms with Gasteiger partial charge in [-0.25, -0.2) is 0 Å². The first-order chi connectivity index (χ1) is 7.89. The highest BCUT2D eigenvalue weighted by Gasteiger charge is 2.43. The van der Waals surface area contributed by atoms with Crippen LogP contribution in [-0.2, 0) is 4.79 Å². The Balaban J connectivity index is 2.13. The van der Waals surface area contributed by atoms with Crippen LogP contribution in [0.1, 0.15) is 40.0 Å². The Kier molecular flexibility index (Phi) is 3.46. The third kappa shape index (κ3) is 2.63. The summed E-state index contributed by atoms with van der Waals surface area (Å²) in [6.07, 6.45) is 3.62. The van der Waals surface area contributed by atoms with Crippen molar-refractivity contribution in [3.8, 4) is 0 Å². The van der Waals surface area contributed by atoms with E-state index < -0.39 is 5.97 Å². The molecule has 1 N–H and O–H groups in total. The molecule has 2 unspecified atom stereocenters. The molecule has 0 saturated carbocycles. The molecule has 2 aliphatic heterocycles. The second-order valence-electron chi connectivity index (χ2n) is 6.29. The van der Waals surface area contributed by atoms with Crippen molar-refractivity contribution in [2.24, 2.45) is 0 Å². The van der Waals surface area contributed by atoms with E-state index in [2.05, 4.69) is 30.6 Å². The molecule has 0 aromatic heterocycles. The molecular formula is C13H24N2O2. The van der Waals surface area contributed by atoms with E-state index in [1.807, 2.05) is 0 Å². The Morgan fingerprint density at radius 2 is 2.06 bits per heavy atom. The summed E-state index contributed by atoms with van der Waals surface area (Å²) in [5, 5.41) is 9.09. The fourth-order valence-electron chi connectivity index (χ4n) is 3.42. The summed E-state index contributed by atoms with van der Waals surface area (Å²) in [7, 11) is 0. The van der Waals surface area contributed by atoms with Crippen molar-refractivity contribution < 1.29 is 9.90 Å². The largest absolute Gasteiger partial charge is 0.480 e. The zero-order chi connectivity index (χ0) is 12.6. The summed E-state index contributed by atoms with van der Waals surface area (Å²) in [5.74, 6) is -0.712. The molecule has 0 spiro atoms. The first-order valence-corrected chi connectivity index (χ1v) is 6.62. The van der Waals surface area contributed by atoms with Gasteiger partial charge in [0.25, 0.3) is 0 Å².